The summed E-state index contributed by atoms with van der Waals surface area (Å²) in [5.41, 5.74) is 3.67. The summed E-state index contributed by atoms with van der Waals surface area (Å²) in [4.78, 5) is 56.2. The zero-order valence-corrected chi connectivity index (χ0v) is 25.1. The molecule has 0 aliphatic heterocycles. The van der Waals surface area contributed by atoms with Gasteiger partial charge in [-0.3, -0.25) is 28.2 Å². The van der Waals surface area contributed by atoms with Gasteiger partial charge in [0.1, 0.15) is 10.6 Å². The molecule has 0 saturated heterocycles. The molecule has 6 rings (SSSR count). The number of hydrogen-bond donors (Lipinski definition) is 1. The smallest absolute Gasteiger partial charge is 0.439 e. The van der Waals surface area contributed by atoms with Crippen molar-refractivity contribution in [2.75, 3.05) is 7.11 Å². The molecule has 0 unspecified atom stereocenters. The van der Waals surface area contributed by atoms with E-state index < -0.39 is 17.0 Å². The normalized spacial score (nSPS) is 11.2. The molecule has 0 amide bonds. The molecule has 0 atom stereocenters. The predicted octanol–water partition coefficient (Wildman–Crippen LogP) is 5.05. The van der Waals surface area contributed by atoms with Crippen molar-refractivity contribution in [3.05, 3.63) is 126 Å². The number of rotatable bonds is 9. The fraction of sp³-hybridized carbons (Fsp3) is 0.182. The lowest BCUT2D eigenvalue weighted by Gasteiger charge is -2.13. The number of aryl methyl sites for hydroxylation is 2. The Balaban J connectivity index is 1.37. The van der Waals surface area contributed by atoms with E-state index in [2.05, 4.69) is 10.1 Å². The summed E-state index contributed by atoms with van der Waals surface area (Å²) in [7, 11) is 1.54. The number of carbonyl (C=O) groups excluding carboxylic acids is 1. The number of benzene rings is 3. The second kappa shape index (κ2) is 11.8. The standard InChI is InChI=1S/C33H28N4O6S/c1-4-24-16-27-30(39)36(18-28(38)22-10-12-23(42-3)13-11-22)33(41)37(31(27)44-24)17-20-6-8-21(9-7-20)26-15-19(2)5-14-25(26)29-34-32(40)43-35-29/h5-16H,4,17-18H2,1-3H3,(H,34,35,40). The van der Waals surface area contributed by atoms with Crippen molar-refractivity contribution >= 4 is 27.3 Å². The van der Waals surface area contributed by atoms with Gasteiger partial charge in [-0.2, -0.15) is 0 Å². The summed E-state index contributed by atoms with van der Waals surface area (Å²) < 4.78 is 12.5. The van der Waals surface area contributed by atoms with Crippen LogP contribution in [0.5, 0.6) is 5.75 Å². The Morgan fingerprint density at radius 2 is 1.70 bits per heavy atom. The number of aromatic amines is 1. The van der Waals surface area contributed by atoms with E-state index in [1.165, 1.54) is 18.4 Å². The molecule has 6 aromatic rings. The number of hydrogen-bond acceptors (Lipinski definition) is 8. The van der Waals surface area contributed by atoms with E-state index in [0.717, 1.165) is 31.7 Å². The molecular formula is C33H28N4O6S. The van der Waals surface area contributed by atoms with Crippen molar-refractivity contribution in [1.82, 2.24) is 19.3 Å². The lowest BCUT2D eigenvalue weighted by atomic mass is 9.96. The van der Waals surface area contributed by atoms with E-state index in [4.69, 9.17) is 9.26 Å². The van der Waals surface area contributed by atoms with Crippen LogP contribution in [0.4, 0.5) is 0 Å². The molecule has 0 aliphatic rings. The maximum atomic E-state index is 13.8. The van der Waals surface area contributed by atoms with E-state index in [0.29, 0.717) is 39.3 Å². The third kappa shape index (κ3) is 5.45. The van der Waals surface area contributed by atoms with Crippen LogP contribution in [0.2, 0.25) is 0 Å². The summed E-state index contributed by atoms with van der Waals surface area (Å²) in [5, 5.41) is 4.26. The van der Waals surface area contributed by atoms with Crippen LogP contribution in [0, 0.1) is 6.92 Å². The lowest BCUT2D eigenvalue weighted by molar-refractivity contribution is 0.0969. The van der Waals surface area contributed by atoms with Crippen molar-refractivity contribution in [1.29, 1.82) is 0 Å². The number of carbonyl (C=O) groups is 1. The molecule has 0 radical (unpaired) electrons. The van der Waals surface area contributed by atoms with Crippen LogP contribution in [0.3, 0.4) is 0 Å². The minimum atomic E-state index is -0.634. The molecule has 0 fully saturated rings. The molecule has 11 heteroatoms. The van der Waals surface area contributed by atoms with Crippen molar-refractivity contribution in [3.8, 4) is 28.3 Å². The summed E-state index contributed by atoms with van der Waals surface area (Å²) in [6.07, 6.45) is 0.710. The number of thiophene rings is 1. The number of nitrogens with one attached hydrogen (secondary N) is 1. The van der Waals surface area contributed by atoms with Gasteiger partial charge in [0.15, 0.2) is 11.6 Å². The molecule has 10 nitrogen and oxygen atoms in total. The number of nitrogens with zero attached hydrogens (tertiary/aromatic N) is 3. The van der Waals surface area contributed by atoms with Crippen LogP contribution in [0.15, 0.2) is 91.7 Å². The van der Waals surface area contributed by atoms with Crippen LogP contribution in [0.1, 0.15) is 33.3 Å². The summed E-state index contributed by atoms with van der Waals surface area (Å²) in [6.45, 7) is 3.79. The second-order valence-electron chi connectivity index (χ2n) is 10.4. The van der Waals surface area contributed by atoms with Crippen LogP contribution >= 0.6 is 11.3 Å². The van der Waals surface area contributed by atoms with Gasteiger partial charge in [-0.05, 0) is 60.4 Å². The van der Waals surface area contributed by atoms with Gasteiger partial charge in [-0.15, -0.1) is 11.3 Å². The van der Waals surface area contributed by atoms with Gasteiger partial charge in [-0.1, -0.05) is 60.1 Å². The van der Waals surface area contributed by atoms with Crippen LogP contribution < -0.4 is 21.7 Å². The topological polar surface area (TPSA) is 129 Å². The Hall–Kier alpha value is -5.29. The van der Waals surface area contributed by atoms with E-state index in [9.17, 15) is 19.2 Å². The van der Waals surface area contributed by atoms with Gasteiger partial charge in [0.25, 0.3) is 5.56 Å². The second-order valence-corrected chi connectivity index (χ2v) is 11.5. The number of methoxy groups -OCH3 is 1. The van der Waals surface area contributed by atoms with Gasteiger partial charge in [0.05, 0.1) is 25.6 Å². The monoisotopic (exact) mass is 608 g/mol. The van der Waals surface area contributed by atoms with Crippen molar-refractivity contribution in [2.24, 2.45) is 0 Å². The number of Topliss-reactive ketones (excluding diaryl/α,β-unsaturated/α-hetero) is 1. The van der Waals surface area contributed by atoms with Crippen molar-refractivity contribution < 1.29 is 14.1 Å². The molecule has 44 heavy (non-hydrogen) atoms. The first-order valence-corrected chi connectivity index (χ1v) is 14.8. The first kappa shape index (κ1) is 28.8. The SMILES string of the molecule is CCc1cc2c(=O)n(CC(=O)c3ccc(OC)cc3)c(=O)n(Cc3ccc(-c4cc(C)ccc4-c4noc(=O)[nH]4)cc3)c2s1. The molecular weight excluding hydrogens is 580 g/mol. The quantitative estimate of drug-likeness (QED) is 0.228. The lowest BCUT2D eigenvalue weighted by Crippen LogP contribution is -2.41. The van der Waals surface area contributed by atoms with Crippen LogP contribution in [-0.4, -0.2) is 32.2 Å². The highest BCUT2D eigenvalue weighted by molar-refractivity contribution is 7.18. The third-order valence-electron chi connectivity index (χ3n) is 7.48. The summed E-state index contributed by atoms with van der Waals surface area (Å²) in [5.74, 6) is -0.0506. The van der Waals surface area contributed by atoms with Gasteiger partial charge >= 0.3 is 11.4 Å². The first-order valence-electron chi connectivity index (χ1n) is 14.0. The van der Waals surface area contributed by atoms with Crippen LogP contribution in [0.25, 0.3) is 32.7 Å². The van der Waals surface area contributed by atoms with Gasteiger partial charge in [0, 0.05) is 16.0 Å². The number of ketones is 1. The number of ether oxygens (including phenoxy) is 1. The average Bonchev–Trinajstić information content (AvgIpc) is 3.68. The highest BCUT2D eigenvalue weighted by Gasteiger charge is 2.19. The van der Waals surface area contributed by atoms with Gasteiger partial charge in [-0.25, -0.2) is 9.59 Å². The number of H-pyrrole nitrogens is 1. The molecule has 0 bridgehead atoms. The molecule has 3 aromatic heterocycles. The Kier molecular flexibility index (Phi) is 7.71. The Bertz CT molecular complexity index is 2180. The minimum absolute atomic E-state index is 0.202. The maximum absolute atomic E-state index is 13.8. The van der Waals surface area contributed by atoms with E-state index in [1.807, 2.05) is 62.4 Å². The molecule has 3 aromatic carbocycles. The zero-order valence-electron chi connectivity index (χ0n) is 24.2. The minimum Gasteiger partial charge on any atom is -0.497 e. The Morgan fingerprint density at radius 1 is 0.955 bits per heavy atom. The molecule has 0 aliphatic carbocycles. The summed E-state index contributed by atoms with van der Waals surface area (Å²) >= 11 is 1.41. The molecule has 1 N–H and O–H groups in total. The third-order valence-corrected chi connectivity index (χ3v) is 8.79. The predicted molar refractivity (Wildman–Crippen MR) is 169 cm³/mol. The highest BCUT2D eigenvalue weighted by Crippen LogP contribution is 2.31. The first-order chi connectivity index (χ1) is 21.2. The molecule has 222 valence electrons. The number of fused-ring (bicyclic) bond motifs is 1. The molecule has 0 saturated carbocycles. The maximum Gasteiger partial charge on any atom is 0.439 e. The van der Waals surface area contributed by atoms with E-state index >= 15 is 0 Å². The molecule has 0 spiro atoms. The fourth-order valence-electron chi connectivity index (χ4n) is 5.14. The van der Waals surface area contributed by atoms with Crippen molar-refractivity contribution in [3.63, 3.8) is 0 Å². The van der Waals surface area contributed by atoms with E-state index in [-0.39, 0.29) is 18.9 Å². The summed E-state index contributed by atoms with van der Waals surface area (Å²) in [6, 6.07) is 21.9. The van der Waals surface area contributed by atoms with Gasteiger partial charge in [0.2, 0.25) is 0 Å². The Labute approximate surface area is 254 Å². The fourth-order valence-corrected chi connectivity index (χ4v) is 6.21. The largest absolute Gasteiger partial charge is 0.497 e. The highest BCUT2D eigenvalue weighted by atomic mass is 32.1. The molecule has 3 heterocycles. The van der Waals surface area contributed by atoms with Crippen LogP contribution in [-0.2, 0) is 19.5 Å². The zero-order chi connectivity index (χ0) is 31.0. The van der Waals surface area contributed by atoms with E-state index in [1.54, 1.807) is 28.8 Å². The number of aromatic nitrogens is 4. The van der Waals surface area contributed by atoms with Crippen molar-refractivity contribution in [2.45, 2.75) is 33.4 Å². The average molecular weight is 609 g/mol. The van der Waals surface area contributed by atoms with Gasteiger partial charge < -0.3 is 4.74 Å². The Morgan fingerprint density at radius 3 is 2.36 bits per heavy atom.